The Hall–Kier alpha value is -0.230. The summed E-state index contributed by atoms with van der Waals surface area (Å²) < 4.78 is 8.04. The average Bonchev–Trinajstić information content (AvgIpc) is 2.81. The number of hydrogen-bond donors (Lipinski definition) is 1. The Kier molecular flexibility index (Phi) is 4.06. The summed E-state index contributed by atoms with van der Waals surface area (Å²) in [7, 11) is 1.72. The first-order valence-corrected chi connectivity index (χ1v) is 13.0. The number of ether oxygens (including phenoxy) is 1. The van der Waals surface area contributed by atoms with Gasteiger partial charge < -0.3 is 0 Å². The van der Waals surface area contributed by atoms with Crippen LogP contribution in [0, 0.1) is 16.7 Å². The standard InChI is InChI=1S/C18H27O2Te/c1-17(2)13-9-10-18(17,16(19)11-13)12-21(4)15-7-5-14(20-3)6-8-15/h5-8,13,16,19H,9-12H2,1-4H3/q+1/t13-,16-,18-/m1/s1. The van der Waals surface area contributed by atoms with Gasteiger partial charge in [-0.3, -0.25) is 0 Å². The molecular formula is C18H27O2Te+. The Morgan fingerprint density at radius 3 is 2.43 bits per heavy atom. The van der Waals surface area contributed by atoms with E-state index in [1.807, 2.05) is 0 Å². The fourth-order valence-corrected chi connectivity index (χ4v) is 11.1. The van der Waals surface area contributed by atoms with Gasteiger partial charge in [-0.05, 0) is 0 Å². The maximum absolute atomic E-state index is 10.7. The fraction of sp³-hybridized carbons (Fsp3) is 0.667. The molecule has 0 spiro atoms. The molecule has 3 rings (SSSR count). The zero-order chi connectivity index (χ0) is 15.3. The molecule has 2 aliphatic rings. The van der Waals surface area contributed by atoms with Crippen LogP contribution in [0.2, 0.25) is 9.44 Å². The van der Waals surface area contributed by atoms with Gasteiger partial charge in [0.15, 0.2) is 0 Å². The van der Waals surface area contributed by atoms with Gasteiger partial charge in [0.05, 0.1) is 0 Å². The minimum absolute atomic E-state index is 0.0761. The summed E-state index contributed by atoms with van der Waals surface area (Å²) in [6.45, 7) is 4.81. The molecule has 2 fully saturated rings. The van der Waals surface area contributed by atoms with Crippen molar-refractivity contribution in [1.29, 1.82) is 0 Å². The Morgan fingerprint density at radius 1 is 1.29 bits per heavy atom. The van der Waals surface area contributed by atoms with E-state index in [0.717, 1.165) is 18.1 Å². The zero-order valence-electron chi connectivity index (χ0n) is 13.6. The molecule has 3 heteroatoms. The summed E-state index contributed by atoms with van der Waals surface area (Å²) in [4.78, 5) is 2.47. The molecule has 0 aromatic heterocycles. The second-order valence-electron chi connectivity index (χ2n) is 7.32. The summed E-state index contributed by atoms with van der Waals surface area (Å²) in [5, 5.41) is 10.7. The number of benzene rings is 1. The molecular weight excluding hydrogens is 376 g/mol. The molecule has 21 heavy (non-hydrogen) atoms. The van der Waals surface area contributed by atoms with E-state index < -0.39 is 19.6 Å². The molecule has 1 N–H and O–H groups in total. The van der Waals surface area contributed by atoms with Crippen molar-refractivity contribution in [3.05, 3.63) is 24.3 Å². The SMILES string of the molecule is COc1ccc([Te+](C)C[C@]23CC[C@H](C[C@H]2O)C3(C)C)cc1. The first-order chi connectivity index (χ1) is 9.90. The van der Waals surface area contributed by atoms with Crippen LogP contribution in [0.15, 0.2) is 24.3 Å². The third kappa shape index (κ3) is 2.33. The van der Waals surface area contributed by atoms with Gasteiger partial charge in [0, 0.05) is 0 Å². The third-order valence-electron chi connectivity index (χ3n) is 6.32. The summed E-state index contributed by atoms with van der Waals surface area (Å²) >= 11 is -1.38. The van der Waals surface area contributed by atoms with Crippen LogP contribution in [0.5, 0.6) is 5.75 Å². The van der Waals surface area contributed by atoms with Crippen LogP contribution < -0.4 is 8.35 Å². The van der Waals surface area contributed by atoms with Gasteiger partial charge in [0.2, 0.25) is 0 Å². The van der Waals surface area contributed by atoms with Gasteiger partial charge >= 0.3 is 136 Å². The van der Waals surface area contributed by atoms with Crippen LogP contribution in [0.1, 0.15) is 33.1 Å². The molecule has 2 bridgehead atoms. The van der Waals surface area contributed by atoms with E-state index in [0.29, 0.717) is 5.41 Å². The number of aliphatic hydroxyl groups excluding tert-OH is 1. The van der Waals surface area contributed by atoms with Crippen molar-refractivity contribution in [1.82, 2.24) is 0 Å². The van der Waals surface area contributed by atoms with E-state index in [1.54, 1.807) is 7.11 Å². The van der Waals surface area contributed by atoms with E-state index in [1.165, 1.54) is 20.9 Å². The van der Waals surface area contributed by atoms with Crippen LogP contribution in [0.4, 0.5) is 0 Å². The Bertz CT molecular complexity index is 510. The van der Waals surface area contributed by atoms with Gasteiger partial charge in [0.1, 0.15) is 0 Å². The van der Waals surface area contributed by atoms with Crippen molar-refractivity contribution in [2.45, 2.75) is 48.7 Å². The molecule has 2 nitrogen and oxygen atoms in total. The molecule has 1 aromatic rings. The molecule has 3 atom stereocenters. The summed E-state index contributed by atoms with van der Waals surface area (Å²) in [6.07, 6.45) is 3.50. The summed E-state index contributed by atoms with van der Waals surface area (Å²) in [6, 6.07) is 8.65. The number of methoxy groups -OCH3 is 1. The van der Waals surface area contributed by atoms with Gasteiger partial charge in [-0.25, -0.2) is 0 Å². The van der Waals surface area contributed by atoms with Crippen LogP contribution in [0.25, 0.3) is 0 Å². The quantitative estimate of drug-likeness (QED) is 0.783. The van der Waals surface area contributed by atoms with Crippen molar-refractivity contribution in [3.8, 4) is 5.75 Å². The molecule has 0 unspecified atom stereocenters. The molecule has 0 heterocycles. The maximum atomic E-state index is 10.7. The second-order valence-corrected chi connectivity index (χ2v) is 13.1. The van der Waals surface area contributed by atoms with Crippen molar-refractivity contribution in [3.63, 3.8) is 0 Å². The van der Waals surface area contributed by atoms with Gasteiger partial charge in [0.25, 0.3) is 0 Å². The normalized spacial score (nSPS) is 33.6. The predicted octanol–water partition coefficient (Wildman–Crippen LogP) is 3.21. The predicted molar refractivity (Wildman–Crippen MR) is 88.6 cm³/mol. The Labute approximate surface area is 135 Å². The zero-order valence-corrected chi connectivity index (χ0v) is 15.9. The van der Waals surface area contributed by atoms with E-state index in [9.17, 15) is 5.11 Å². The van der Waals surface area contributed by atoms with Gasteiger partial charge in [-0.2, -0.15) is 0 Å². The van der Waals surface area contributed by atoms with Crippen LogP contribution >= 0.6 is 0 Å². The summed E-state index contributed by atoms with van der Waals surface area (Å²) in [5.41, 5.74) is 0.497. The number of rotatable bonds is 4. The van der Waals surface area contributed by atoms with Gasteiger partial charge in [-0.15, -0.1) is 0 Å². The van der Waals surface area contributed by atoms with E-state index >= 15 is 0 Å². The molecule has 0 aliphatic heterocycles. The van der Waals surface area contributed by atoms with Crippen LogP contribution in [-0.4, -0.2) is 37.9 Å². The third-order valence-corrected chi connectivity index (χ3v) is 12.1. The fourth-order valence-electron chi connectivity index (χ4n) is 4.66. The number of hydrogen-bond acceptors (Lipinski definition) is 2. The van der Waals surface area contributed by atoms with Crippen molar-refractivity contribution < 1.29 is 9.84 Å². The minimum atomic E-state index is -1.38. The first kappa shape index (κ1) is 15.7. The molecule has 1 aromatic carbocycles. The van der Waals surface area contributed by atoms with E-state index in [2.05, 4.69) is 43.1 Å². The number of aliphatic hydroxyl groups is 1. The Balaban J connectivity index is 1.81. The van der Waals surface area contributed by atoms with Crippen molar-refractivity contribution in [2.75, 3.05) is 7.11 Å². The van der Waals surface area contributed by atoms with Gasteiger partial charge in [-0.1, -0.05) is 0 Å². The van der Waals surface area contributed by atoms with Crippen molar-refractivity contribution >= 4 is 23.2 Å². The first-order valence-electron chi connectivity index (χ1n) is 7.85. The molecule has 0 amide bonds. The second kappa shape index (κ2) is 5.44. The molecule has 2 aliphatic carbocycles. The van der Waals surface area contributed by atoms with E-state index in [-0.39, 0.29) is 11.5 Å². The molecule has 2 saturated carbocycles. The topological polar surface area (TPSA) is 29.5 Å². The molecule has 0 radical (unpaired) electrons. The average molecular weight is 403 g/mol. The summed E-state index contributed by atoms with van der Waals surface area (Å²) in [5.74, 6) is 1.67. The number of fused-ring (bicyclic) bond motifs is 2. The van der Waals surface area contributed by atoms with Crippen LogP contribution in [0.3, 0.4) is 0 Å². The molecule has 0 saturated heterocycles. The monoisotopic (exact) mass is 405 g/mol. The Morgan fingerprint density at radius 2 is 1.95 bits per heavy atom. The van der Waals surface area contributed by atoms with Crippen LogP contribution in [-0.2, 0) is 0 Å². The van der Waals surface area contributed by atoms with E-state index in [4.69, 9.17) is 4.74 Å². The molecule has 116 valence electrons. The van der Waals surface area contributed by atoms with Crippen molar-refractivity contribution in [2.24, 2.45) is 16.7 Å².